The van der Waals surface area contributed by atoms with Gasteiger partial charge in [0.15, 0.2) is 0 Å². The Morgan fingerprint density at radius 3 is 2.48 bits per heavy atom. The maximum atomic E-state index is 13.1. The summed E-state index contributed by atoms with van der Waals surface area (Å²) in [5.41, 5.74) is 0.114. The van der Waals surface area contributed by atoms with Crippen LogP contribution >= 0.6 is 7.60 Å². The summed E-state index contributed by atoms with van der Waals surface area (Å²) in [6, 6.07) is 6.05. The number of anilines is 1. The molecule has 1 unspecified atom stereocenters. The van der Waals surface area contributed by atoms with Crippen molar-refractivity contribution in [3.8, 4) is 0 Å². The Bertz CT molecular complexity index is 860. The van der Waals surface area contributed by atoms with Gasteiger partial charge in [0, 0.05) is 5.69 Å². The molecule has 0 aromatic heterocycles. The van der Waals surface area contributed by atoms with Gasteiger partial charge in [0.05, 0.1) is 11.6 Å². The molecule has 0 bridgehead atoms. The van der Waals surface area contributed by atoms with Crippen LogP contribution in [0.5, 0.6) is 0 Å². The van der Waals surface area contributed by atoms with E-state index in [0.717, 1.165) is 10.5 Å². The fourth-order valence-corrected chi connectivity index (χ4v) is 5.61. The number of fused-ring (bicyclic) bond motifs is 1. The van der Waals surface area contributed by atoms with Crippen molar-refractivity contribution >= 4 is 31.1 Å². The quantitative estimate of drug-likeness (QED) is 0.504. The van der Waals surface area contributed by atoms with Gasteiger partial charge in [0.2, 0.25) is 11.8 Å². The van der Waals surface area contributed by atoms with Gasteiger partial charge in [-0.05, 0) is 37.3 Å². The van der Waals surface area contributed by atoms with Crippen LogP contribution in [-0.2, 0) is 25.4 Å². The Morgan fingerprint density at radius 2 is 1.86 bits per heavy atom. The second-order valence-corrected chi connectivity index (χ2v) is 9.47. The summed E-state index contributed by atoms with van der Waals surface area (Å²) in [7, 11) is -4.42. The number of rotatable bonds is 6. The molecule has 29 heavy (non-hydrogen) atoms. The van der Waals surface area contributed by atoms with E-state index in [4.69, 9.17) is 0 Å². The number of para-hydroxylation sites is 1. The number of nitrogens with zero attached hydrogens (tertiary/aromatic N) is 1. The van der Waals surface area contributed by atoms with Gasteiger partial charge in [-0.25, -0.2) is 0 Å². The van der Waals surface area contributed by atoms with Gasteiger partial charge in [-0.15, -0.1) is 0 Å². The number of carboxylic acids is 1. The molecule has 0 saturated heterocycles. The van der Waals surface area contributed by atoms with Gasteiger partial charge in [-0.1, -0.05) is 31.0 Å². The van der Waals surface area contributed by atoms with Crippen LogP contribution in [0, 0.1) is 5.41 Å². The van der Waals surface area contributed by atoms with Crippen LogP contribution < -0.4 is 10.2 Å². The largest absolute Gasteiger partial charge is 0.480 e. The summed E-state index contributed by atoms with van der Waals surface area (Å²) in [5, 5.41) is 11.9. The molecule has 2 amide bonds. The standard InChI is InChI=1S/C19H25N2O7P/c22-16(23)11-21-15-6-2-1-5-13(15)7-8-14(17(21)24)20-18(25)19(9-3-4-10-19)12-29(26,27)28/h1-2,5-6,14H,3-4,7-12H2,(H,20,25)(H,22,23)(H2,26,27,28). The van der Waals surface area contributed by atoms with Gasteiger partial charge in [-0.2, -0.15) is 0 Å². The van der Waals surface area contributed by atoms with Crippen molar-refractivity contribution in [3.05, 3.63) is 29.8 Å². The smallest absolute Gasteiger partial charge is 0.326 e. The summed E-state index contributed by atoms with van der Waals surface area (Å²) < 4.78 is 11.6. The average molecular weight is 424 g/mol. The van der Waals surface area contributed by atoms with Gasteiger partial charge in [-0.3, -0.25) is 23.8 Å². The van der Waals surface area contributed by atoms with Crippen molar-refractivity contribution in [2.75, 3.05) is 17.6 Å². The summed E-state index contributed by atoms with van der Waals surface area (Å²) >= 11 is 0. The van der Waals surface area contributed by atoms with Crippen molar-refractivity contribution in [2.24, 2.45) is 5.41 Å². The molecular formula is C19H25N2O7P. The zero-order valence-corrected chi connectivity index (χ0v) is 16.8. The summed E-state index contributed by atoms with van der Waals surface area (Å²) in [6.07, 6.45) is 2.27. The minimum absolute atomic E-state index is 0.281. The number of aliphatic carboxylic acids is 1. The highest BCUT2D eigenvalue weighted by atomic mass is 31.2. The fourth-order valence-electron chi connectivity index (χ4n) is 4.36. The molecule has 1 aliphatic carbocycles. The van der Waals surface area contributed by atoms with Crippen LogP contribution in [-0.4, -0.2) is 51.4 Å². The number of hydrogen-bond donors (Lipinski definition) is 4. The maximum absolute atomic E-state index is 13.1. The second kappa shape index (κ2) is 8.26. The molecule has 158 valence electrons. The number of hydrogen-bond acceptors (Lipinski definition) is 4. The number of amides is 2. The van der Waals surface area contributed by atoms with E-state index in [0.29, 0.717) is 37.8 Å². The third kappa shape index (κ3) is 4.86. The predicted octanol–water partition coefficient (Wildman–Crippen LogP) is 1.27. The zero-order valence-electron chi connectivity index (χ0n) is 15.9. The van der Waals surface area contributed by atoms with E-state index in [2.05, 4.69) is 5.32 Å². The van der Waals surface area contributed by atoms with E-state index in [1.807, 2.05) is 6.07 Å². The lowest BCUT2D eigenvalue weighted by molar-refractivity contribution is -0.137. The van der Waals surface area contributed by atoms with E-state index >= 15 is 0 Å². The monoisotopic (exact) mass is 424 g/mol. The molecular weight excluding hydrogens is 399 g/mol. The van der Waals surface area contributed by atoms with Crippen LogP contribution in [0.2, 0.25) is 0 Å². The molecule has 1 atom stereocenters. The first kappa shape index (κ1) is 21.5. The molecule has 1 aromatic carbocycles. The van der Waals surface area contributed by atoms with Crippen LogP contribution in [0.4, 0.5) is 5.69 Å². The molecule has 2 aliphatic rings. The van der Waals surface area contributed by atoms with E-state index in [1.54, 1.807) is 18.2 Å². The summed E-state index contributed by atoms with van der Waals surface area (Å²) in [6.45, 7) is -0.532. The predicted molar refractivity (Wildman–Crippen MR) is 104 cm³/mol. The van der Waals surface area contributed by atoms with Gasteiger partial charge in [0.25, 0.3) is 0 Å². The Kier molecular flexibility index (Phi) is 6.12. The van der Waals surface area contributed by atoms with Crippen LogP contribution in [0.25, 0.3) is 0 Å². The van der Waals surface area contributed by atoms with Crippen LogP contribution in [0.1, 0.15) is 37.7 Å². The van der Waals surface area contributed by atoms with E-state index in [-0.39, 0.29) is 6.42 Å². The van der Waals surface area contributed by atoms with Crippen molar-refractivity contribution in [1.82, 2.24) is 5.32 Å². The van der Waals surface area contributed by atoms with Crippen LogP contribution in [0.15, 0.2) is 24.3 Å². The van der Waals surface area contributed by atoms with Gasteiger partial charge >= 0.3 is 13.6 Å². The van der Waals surface area contributed by atoms with E-state index in [1.165, 1.54) is 0 Å². The van der Waals surface area contributed by atoms with Crippen molar-refractivity contribution in [1.29, 1.82) is 0 Å². The lowest BCUT2D eigenvalue weighted by atomic mass is 9.87. The van der Waals surface area contributed by atoms with E-state index < -0.39 is 49.5 Å². The topological polar surface area (TPSA) is 144 Å². The molecule has 1 saturated carbocycles. The molecule has 9 nitrogen and oxygen atoms in total. The lowest BCUT2D eigenvalue weighted by Crippen LogP contribution is -2.53. The summed E-state index contributed by atoms with van der Waals surface area (Å²) in [4.78, 5) is 57.5. The minimum Gasteiger partial charge on any atom is -0.480 e. The highest BCUT2D eigenvalue weighted by Crippen LogP contribution is 2.50. The number of nitrogens with one attached hydrogen (secondary N) is 1. The highest BCUT2D eigenvalue weighted by Gasteiger charge is 2.47. The number of carboxylic acid groups (broad SMARTS) is 1. The van der Waals surface area contributed by atoms with Crippen molar-refractivity contribution in [2.45, 2.75) is 44.6 Å². The van der Waals surface area contributed by atoms with Gasteiger partial charge < -0.3 is 20.2 Å². The lowest BCUT2D eigenvalue weighted by Gasteiger charge is -2.31. The average Bonchev–Trinajstić information content (AvgIpc) is 3.06. The Labute approximate surface area is 168 Å². The molecule has 1 aromatic rings. The molecule has 0 spiro atoms. The Morgan fingerprint density at radius 1 is 1.21 bits per heavy atom. The SMILES string of the molecule is O=C(O)CN1C(=O)C(NC(=O)C2(CP(=O)(O)O)CCCC2)CCc2ccccc21. The van der Waals surface area contributed by atoms with Crippen LogP contribution in [0.3, 0.4) is 0 Å². The molecule has 3 rings (SSSR count). The zero-order chi connectivity index (χ0) is 21.2. The fraction of sp³-hybridized carbons (Fsp3) is 0.526. The van der Waals surface area contributed by atoms with Crippen molar-refractivity contribution in [3.63, 3.8) is 0 Å². The minimum atomic E-state index is -4.42. The summed E-state index contributed by atoms with van der Waals surface area (Å²) in [5.74, 6) is -2.25. The molecule has 1 heterocycles. The molecule has 4 N–H and O–H groups in total. The molecule has 1 fully saturated rings. The number of carbonyl (C=O) groups excluding carboxylic acids is 2. The Balaban J connectivity index is 1.85. The number of carbonyl (C=O) groups is 3. The first-order valence-electron chi connectivity index (χ1n) is 9.58. The molecule has 0 radical (unpaired) electrons. The third-order valence-corrected chi connectivity index (χ3v) is 6.72. The van der Waals surface area contributed by atoms with Crippen molar-refractivity contribution < 1.29 is 33.8 Å². The molecule has 10 heteroatoms. The Hall–Kier alpha value is -2.22. The number of aryl methyl sites for hydroxylation is 1. The maximum Gasteiger partial charge on any atom is 0.326 e. The first-order chi connectivity index (χ1) is 13.6. The van der Waals surface area contributed by atoms with E-state index in [9.17, 15) is 33.8 Å². The first-order valence-corrected chi connectivity index (χ1v) is 11.4. The highest BCUT2D eigenvalue weighted by molar-refractivity contribution is 7.51. The number of benzene rings is 1. The molecule has 1 aliphatic heterocycles. The normalized spacial score (nSPS) is 21.4. The van der Waals surface area contributed by atoms with Gasteiger partial charge in [0.1, 0.15) is 12.6 Å². The third-order valence-electron chi connectivity index (χ3n) is 5.70. The second-order valence-electron chi connectivity index (χ2n) is 7.82.